The molecule has 3 heteroatoms. The maximum absolute atomic E-state index is 11.2. The second kappa shape index (κ2) is 6.75. The van der Waals surface area contributed by atoms with E-state index in [4.69, 9.17) is 4.98 Å². The van der Waals surface area contributed by atoms with E-state index in [2.05, 4.69) is 41.8 Å². The van der Waals surface area contributed by atoms with Gasteiger partial charge in [-0.05, 0) is 36.8 Å². The Kier molecular flexibility index (Phi) is 4.21. The summed E-state index contributed by atoms with van der Waals surface area (Å²) in [6.45, 7) is 3.21. The van der Waals surface area contributed by atoms with Gasteiger partial charge in [0.05, 0.1) is 23.8 Å². The van der Waals surface area contributed by atoms with Crippen LogP contribution in [0.3, 0.4) is 0 Å². The first-order valence-corrected chi connectivity index (χ1v) is 10.2. The van der Waals surface area contributed by atoms with Crippen molar-refractivity contribution < 1.29 is 5.11 Å². The fourth-order valence-electron chi connectivity index (χ4n) is 5.21. The summed E-state index contributed by atoms with van der Waals surface area (Å²) in [5.74, 6) is 0.214. The highest BCUT2D eigenvalue weighted by Crippen LogP contribution is 2.53. The smallest absolute Gasteiger partial charge is 0.0958 e. The van der Waals surface area contributed by atoms with Gasteiger partial charge in [-0.3, -0.25) is 0 Å². The molecule has 0 saturated heterocycles. The van der Waals surface area contributed by atoms with Crippen LogP contribution in [0.25, 0.3) is 17.3 Å². The van der Waals surface area contributed by atoms with Gasteiger partial charge in [0.25, 0.3) is 0 Å². The molecule has 1 fully saturated rings. The van der Waals surface area contributed by atoms with Crippen LogP contribution in [0.1, 0.15) is 43.5 Å². The van der Waals surface area contributed by atoms with Crippen LogP contribution in [0.15, 0.2) is 72.6 Å². The Morgan fingerprint density at radius 1 is 1.07 bits per heavy atom. The van der Waals surface area contributed by atoms with Crippen molar-refractivity contribution in [3.8, 4) is 11.3 Å². The summed E-state index contributed by atoms with van der Waals surface area (Å²) in [7, 11) is 0. The van der Waals surface area contributed by atoms with Crippen LogP contribution in [-0.2, 0) is 6.54 Å². The largest absolute Gasteiger partial charge is 0.388 e. The summed E-state index contributed by atoms with van der Waals surface area (Å²) in [5, 5.41) is 11.2. The Bertz CT molecular complexity index is 1010. The van der Waals surface area contributed by atoms with Crippen molar-refractivity contribution in [1.29, 1.82) is 0 Å². The highest BCUT2D eigenvalue weighted by molar-refractivity contribution is 5.72. The van der Waals surface area contributed by atoms with Gasteiger partial charge in [0.2, 0.25) is 0 Å². The number of nitrogens with zero attached hydrogens (tertiary/aromatic N) is 2. The molecule has 142 valence electrons. The van der Waals surface area contributed by atoms with E-state index in [0.717, 1.165) is 42.6 Å². The molecule has 5 rings (SSSR count). The van der Waals surface area contributed by atoms with Crippen LogP contribution in [0.4, 0.5) is 0 Å². The maximum atomic E-state index is 11.2. The number of aromatic nitrogens is 2. The normalized spacial score (nSPS) is 24.8. The molecule has 0 radical (unpaired) electrons. The summed E-state index contributed by atoms with van der Waals surface area (Å²) < 4.78 is 2.28. The van der Waals surface area contributed by atoms with Crippen molar-refractivity contribution in [3.63, 3.8) is 0 Å². The minimum absolute atomic E-state index is 0.0465. The molecule has 3 aromatic rings. The predicted octanol–water partition coefficient (Wildman–Crippen LogP) is 5.49. The van der Waals surface area contributed by atoms with E-state index in [1.54, 1.807) is 0 Å². The third kappa shape index (κ3) is 2.73. The van der Waals surface area contributed by atoms with Crippen molar-refractivity contribution in [1.82, 2.24) is 9.55 Å². The Balaban J connectivity index is 1.54. The molecular formula is C25H26N2O. The average molecular weight is 370 g/mol. The van der Waals surface area contributed by atoms with Crippen molar-refractivity contribution in [2.45, 2.75) is 38.8 Å². The van der Waals surface area contributed by atoms with E-state index in [0.29, 0.717) is 0 Å². The van der Waals surface area contributed by atoms with Gasteiger partial charge in [-0.1, -0.05) is 73.2 Å². The second-order valence-electron chi connectivity index (χ2n) is 8.41. The van der Waals surface area contributed by atoms with Gasteiger partial charge in [0.1, 0.15) is 0 Å². The number of allylic oxidation sites excluding steroid dienone is 1. The molecule has 2 aliphatic rings. The first-order valence-electron chi connectivity index (χ1n) is 10.2. The molecule has 2 heterocycles. The van der Waals surface area contributed by atoms with E-state index in [-0.39, 0.29) is 11.3 Å². The fourth-order valence-corrected chi connectivity index (χ4v) is 5.21. The third-order valence-electron chi connectivity index (χ3n) is 6.77. The molecule has 2 aromatic carbocycles. The topological polar surface area (TPSA) is 38.0 Å². The Labute approximate surface area is 166 Å². The summed E-state index contributed by atoms with van der Waals surface area (Å²) in [6, 6.07) is 20.5. The van der Waals surface area contributed by atoms with E-state index in [1.165, 1.54) is 11.3 Å². The molecule has 1 aromatic heterocycles. The monoisotopic (exact) mass is 370 g/mol. The minimum atomic E-state index is -0.437. The SMILES string of the molecule is CC12Cn3cnc(-c4ccccc4)c3C=C1CCCC2C(O)c1ccccc1. The molecule has 28 heavy (non-hydrogen) atoms. The number of aliphatic hydroxyl groups excluding tert-OH is 1. The molecule has 1 N–H and O–H groups in total. The van der Waals surface area contributed by atoms with Crippen LogP contribution in [-0.4, -0.2) is 14.7 Å². The third-order valence-corrected chi connectivity index (χ3v) is 6.77. The van der Waals surface area contributed by atoms with Crippen molar-refractivity contribution in [2.75, 3.05) is 0 Å². The minimum Gasteiger partial charge on any atom is -0.388 e. The number of hydrogen-bond donors (Lipinski definition) is 1. The van der Waals surface area contributed by atoms with E-state index >= 15 is 0 Å². The van der Waals surface area contributed by atoms with Crippen molar-refractivity contribution in [2.24, 2.45) is 11.3 Å². The predicted molar refractivity (Wildman–Crippen MR) is 112 cm³/mol. The Hall–Kier alpha value is -2.65. The van der Waals surface area contributed by atoms with Crippen molar-refractivity contribution >= 4 is 6.08 Å². The first-order chi connectivity index (χ1) is 13.7. The van der Waals surface area contributed by atoms with Gasteiger partial charge >= 0.3 is 0 Å². The highest BCUT2D eigenvalue weighted by Gasteiger charge is 2.46. The summed E-state index contributed by atoms with van der Waals surface area (Å²) in [6.07, 6.45) is 7.17. The highest BCUT2D eigenvalue weighted by atomic mass is 16.3. The number of benzene rings is 2. The van der Waals surface area contributed by atoms with Gasteiger partial charge in [-0.25, -0.2) is 4.98 Å². The van der Waals surface area contributed by atoms with Crippen LogP contribution in [0, 0.1) is 11.3 Å². The lowest BCUT2D eigenvalue weighted by Gasteiger charge is -2.48. The van der Waals surface area contributed by atoms with Crippen LogP contribution in [0.2, 0.25) is 0 Å². The summed E-state index contributed by atoms with van der Waals surface area (Å²) in [5.41, 5.74) is 5.86. The molecule has 3 atom stereocenters. The van der Waals surface area contributed by atoms with Gasteiger partial charge in [0.15, 0.2) is 0 Å². The summed E-state index contributed by atoms with van der Waals surface area (Å²) >= 11 is 0. The molecule has 0 bridgehead atoms. The zero-order valence-corrected chi connectivity index (χ0v) is 16.3. The zero-order valence-electron chi connectivity index (χ0n) is 16.3. The quantitative estimate of drug-likeness (QED) is 0.662. The van der Waals surface area contributed by atoms with Gasteiger partial charge < -0.3 is 9.67 Å². The number of fused-ring (bicyclic) bond motifs is 2. The lowest BCUT2D eigenvalue weighted by Crippen LogP contribution is -2.42. The molecule has 1 aliphatic heterocycles. The second-order valence-corrected chi connectivity index (χ2v) is 8.41. The lowest BCUT2D eigenvalue weighted by molar-refractivity contribution is 0.0124. The standard InChI is InChI=1S/C25H26N2O/c1-25-16-27-17-26-23(18-9-4-2-5-10-18)22(27)15-20(25)13-8-14-21(25)24(28)19-11-6-3-7-12-19/h2-7,9-12,15,17,21,24,28H,8,13-14,16H2,1H3. The molecule has 3 unspecified atom stereocenters. The van der Waals surface area contributed by atoms with Gasteiger partial charge in [-0.2, -0.15) is 0 Å². The number of imidazole rings is 1. The van der Waals surface area contributed by atoms with Crippen LogP contribution >= 0.6 is 0 Å². The Morgan fingerprint density at radius 3 is 2.54 bits per heavy atom. The van der Waals surface area contributed by atoms with E-state index < -0.39 is 6.10 Å². The maximum Gasteiger partial charge on any atom is 0.0958 e. The number of rotatable bonds is 3. The average Bonchev–Trinajstić information content (AvgIpc) is 3.14. The van der Waals surface area contributed by atoms with Crippen LogP contribution < -0.4 is 0 Å². The molecule has 1 aliphatic carbocycles. The molecule has 3 nitrogen and oxygen atoms in total. The molecule has 0 amide bonds. The Morgan fingerprint density at radius 2 is 1.79 bits per heavy atom. The van der Waals surface area contributed by atoms with E-state index in [9.17, 15) is 5.11 Å². The molecular weight excluding hydrogens is 344 g/mol. The van der Waals surface area contributed by atoms with Gasteiger partial charge in [0, 0.05) is 17.5 Å². The molecule has 0 spiro atoms. The summed E-state index contributed by atoms with van der Waals surface area (Å²) in [4.78, 5) is 4.74. The van der Waals surface area contributed by atoms with Gasteiger partial charge in [-0.15, -0.1) is 0 Å². The fraction of sp³-hybridized carbons (Fsp3) is 0.320. The lowest BCUT2D eigenvalue weighted by atomic mass is 9.60. The first kappa shape index (κ1) is 17.4. The number of aliphatic hydroxyl groups is 1. The molecule has 1 saturated carbocycles. The van der Waals surface area contributed by atoms with Crippen molar-refractivity contribution in [3.05, 3.63) is 83.8 Å². The van der Waals surface area contributed by atoms with E-state index in [1.807, 2.05) is 42.7 Å². The number of hydrogen-bond acceptors (Lipinski definition) is 2. The van der Waals surface area contributed by atoms with Crippen LogP contribution in [0.5, 0.6) is 0 Å². The zero-order chi connectivity index (χ0) is 19.1.